The number of aliphatic carboxylic acids is 2. The molecule has 68 heavy (non-hydrogen) atoms. The molecule has 0 bridgehead atoms. The topological polar surface area (TPSA) is 416 Å². The van der Waals surface area contributed by atoms with E-state index in [-0.39, 0.29) is 32.1 Å². The molecule has 6 aliphatic rings. The number of carbonyl (C=O) groups excluding carboxylic acids is 2. The number of esters is 2. The minimum Gasteiger partial charge on any atom is -0.481 e. The van der Waals surface area contributed by atoms with Gasteiger partial charge in [-0.25, -0.2) is 0 Å². The van der Waals surface area contributed by atoms with Gasteiger partial charge in [-0.05, 0) is 26.2 Å². The maximum atomic E-state index is 12.0. The Hall–Kier alpha value is -2.88. The monoisotopic (exact) mass is 989 g/mol. The molecular weight excluding hydrogens is 924 g/mol. The van der Waals surface area contributed by atoms with Crippen LogP contribution in [-0.4, -0.2) is 258 Å². The summed E-state index contributed by atoms with van der Waals surface area (Å²) in [4.78, 5) is 45.8. The van der Waals surface area contributed by atoms with Gasteiger partial charge < -0.3 is 113 Å². The van der Waals surface area contributed by atoms with E-state index < -0.39 is 203 Å². The fourth-order valence-electron chi connectivity index (χ4n) is 9.96. The number of carboxylic acid groups (broad SMARTS) is 2. The average Bonchev–Trinajstić information content (AvgIpc) is 3.28. The standard InChI is InChI=1S/C41H64O27/c1-13-37(68-27(48)10-25(45)46)33(54)36(57)39(62-13)61-12-23-30(51)32(53)35(56)41(67-23)65-21-8-16-17(63-38(21)14-4-19(58-2)28(49)20(5-14)59-3)6-15(42)7-18(16)64-40-34(55)31(52)29(50)22(66-40)11-60-26(47)9-24(43)44/h13-23,28-42,49-57H,4-12H2,1-3H3,(H,43,44)(H,45,46)/p+1. The van der Waals surface area contributed by atoms with Crippen molar-refractivity contribution in [3.63, 3.8) is 0 Å². The van der Waals surface area contributed by atoms with Gasteiger partial charge in [0.05, 0.1) is 43.0 Å². The van der Waals surface area contributed by atoms with Crippen LogP contribution in [0.3, 0.4) is 0 Å². The number of carboxylic acids is 2. The Morgan fingerprint density at radius 1 is 0.559 bits per heavy atom. The van der Waals surface area contributed by atoms with Crippen molar-refractivity contribution in [1.82, 2.24) is 0 Å². The van der Waals surface area contributed by atoms with Crippen molar-refractivity contribution in [3.05, 3.63) is 0 Å². The number of aliphatic hydroxyl groups excluding tert-OH is 10. The Morgan fingerprint density at radius 2 is 1.09 bits per heavy atom. The van der Waals surface area contributed by atoms with E-state index >= 15 is 0 Å². The van der Waals surface area contributed by atoms with Crippen LogP contribution in [0.15, 0.2) is 0 Å². The summed E-state index contributed by atoms with van der Waals surface area (Å²) in [5.41, 5.74) is 0. The van der Waals surface area contributed by atoms with Crippen molar-refractivity contribution in [2.75, 3.05) is 27.4 Å². The molecule has 4 aliphatic heterocycles. The zero-order chi connectivity index (χ0) is 49.9. The molecule has 0 aromatic heterocycles. The maximum absolute atomic E-state index is 12.0. The largest absolute Gasteiger partial charge is 0.481 e. The summed E-state index contributed by atoms with van der Waals surface area (Å²) in [7, 11) is 2.84. The molecule has 0 aromatic carbocycles. The Balaban J connectivity index is 1.20. The van der Waals surface area contributed by atoms with Gasteiger partial charge >= 0.3 is 23.9 Å². The molecule has 4 saturated heterocycles. The summed E-state index contributed by atoms with van der Waals surface area (Å²) in [6.45, 7) is -0.0122. The van der Waals surface area contributed by atoms with Crippen LogP contribution in [0.5, 0.6) is 0 Å². The summed E-state index contributed by atoms with van der Waals surface area (Å²) < 4.78 is 62.1. The van der Waals surface area contributed by atoms with Crippen molar-refractivity contribution >= 4 is 23.9 Å². The molecular formula is C41H65O27+. The van der Waals surface area contributed by atoms with Crippen LogP contribution in [0.4, 0.5) is 0 Å². The van der Waals surface area contributed by atoms with Crippen molar-refractivity contribution < 1.29 is 133 Å². The smallest absolute Gasteiger partial charge is 0.317 e. The number of ether oxygens (including phenoxy) is 11. The second kappa shape index (κ2) is 23.6. The van der Waals surface area contributed by atoms with Gasteiger partial charge in [-0.15, -0.1) is 0 Å². The van der Waals surface area contributed by atoms with Gasteiger partial charge in [0, 0.05) is 33.0 Å². The lowest BCUT2D eigenvalue weighted by molar-refractivity contribution is -0.371. The number of hydrogen-bond acceptors (Lipinski definition) is 24. The third-order valence-electron chi connectivity index (χ3n) is 13.6. The summed E-state index contributed by atoms with van der Waals surface area (Å²) >= 11 is 0. The van der Waals surface area contributed by atoms with Crippen molar-refractivity contribution in [1.29, 1.82) is 0 Å². The van der Waals surface area contributed by atoms with Gasteiger partial charge in [0.25, 0.3) is 0 Å². The molecule has 23 unspecified atom stereocenters. The molecule has 13 N–H and O–H groups in total. The molecule has 0 amide bonds. The average molecular weight is 990 g/mol. The molecule has 0 aromatic rings. The molecule has 2 saturated carbocycles. The Labute approximate surface area is 388 Å². The van der Waals surface area contributed by atoms with E-state index in [9.17, 15) is 70.2 Å². The molecule has 27 heteroatoms. The van der Waals surface area contributed by atoms with Gasteiger partial charge in [-0.1, -0.05) is 0 Å². The van der Waals surface area contributed by atoms with Crippen molar-refractivity contribution in [2.24, 2.45) is 11.8 Å². The first-order chi connectivity index (χ1) is 32.1. The van der Waals surface area contributed by atoms with Crippen LogP contribution in [-0.2, 0) is 66.5 Å². The highest BCUT2D eigenvalue weighted by atomic mass is 16.7. The minimum atomic E-state index is -1.92. The second-order valence-corrected chi connectivity index (χ2v) is 18.2. The van der Waals surface area contributed by atoms with E-state index in [1.165, 1.54) is 21.1 Å². The first-order valence-electron chi connectivity index (χ1n) is 22.4. The van der Waals surface area contributed by atoms with Crippen molar-refractivity contribution in [3.8, 4) is 0 Å². The number of hydrogen-bond donors (Lipinski definition) is 12. The second-order valence-electron chi connectivity index (χ2n) is 18.2. The van der Waals surface area contributed by atoms with Crippen molar-refractivity contribution in [2.45, 2.75) is 193 Å². The first-order valence-corrected chi connectivity index (χ1v) is 22.4. The molecule has 0 spiro atoms. The SMILES string of the molecule is COC1CC(C2[OH+]C3CC(O)CC(OC4OC(COC(=O)CC(=O)O)C(O)C(O)C4O)C3CC2OC2OC(COC3OC(C)C(OC(=O)CC(=O)O)C(O)C3O)C(O)C(O)C2O)CC(OC)C1O. The van der Waals surface area contributed by atoms with E-state index in [4.69, 9.17) is 62.3 Å². The molecule has 27 nitrogen and oxygen atoms in total. The van der Waals surface area contributed by atoms with Crippen LogP contribution in [0.25, 0.3) is 0 Å². The number of fused-ring (bicyclic) bond motifs is 1. The van der Waals surface area contributed by atoms with Crippen LogP contribution in [0.2, 0.25) is 0 Å². The number of aliphatic hydroxyl groups is 12. The highest BCUT2D eigenvalue weighted by Crippen LogP contribution is 2.44. The Kier molecular flexibility index (Phi) is 18.9. The molecule has 6 fully saturated rings. The van der Waals surface area contributed by atoms with Crippen LogP contribution < -0.4 is 0 Å². The van der Waals surface area contributed by atoms with Gasteiger partial charge in [0.2, 0.25) is 0 Å². The predicted octanol–water partition coefficient (Wildman–Crippen LogP) is -6.50. The van der Waals surface area contributed by atoms with Gasteiger partial charge in [-0.2, -0.15) is 0 Å². The maximum Gasteiger partial charge on any atom is 0.317 e. The van der Waals surface area contributed by atoms with E-state index in [2.05, 4.69) is 0 Å². The van der Waals surface area contributed by atoms with E-state index in [0.717, 1.165) is 0 Å². The van der Waals surface area contributed by atoms with E-state index in [1.54, 1.807) is 0 Å². The fraction of sp³-hybridized carbons (Fsp3) is 0.902. The summed E-state index contributed by atoms with van der Waals surface area (Å²) in [6.07, 6.45) is -34.0. The first kappa shape index (κ1) is 54.5. The lowest BCUT2D eigenvalue weighted by Crippen LogP contribution is -2.65. The zero-order valence-electron chi connectivity index (χ0n) is 37.3. The molecule has 6 rings (SSSR count). The number of methoxy groups -OCH3 is 2. The van der Waals surface area contributed by atoms with Gasteiger partial charge in [0.1, 0.15) is 92.7 Å². The third-order valence-corrected chi connectivity index (χ3v) is 13.6. The highest BCUT2D eigenvalue weighted by molar-refractivity contribution is 5.90. The zero-order valence-corrected chi connectivity index (χ0v) is 37.3. The molecule has 4 heterocycles. The highest BCUT2D eigenvalue weighted by Gasteiger charge is 2.58. The third kappa shape index (κ3) is 12.6. The van der Waals surface area contributed by atoms with Gasteiger partial charge in [0.15, 0.2) is 37.2 Å². The summed E-state index contributed by atoms with van der Waals surface area (Å²) in [6, 6.07) is 0. The minimum absolute atomic E-state index is 0.0251. The molecule has 0 radical (unpaired) electrons. The van der Waals surface area contributed by atoms with Crippen LogP contribution in [0, 0.1) is 11.8 Å². The summed E-state index contributed by atoms with van der Waals surface area (Å²) in [5, 5.41) is 127. The van der Waals surface area contributed by atoms with E-state index in [0.29, 0.717) is 0 Å². The molecule has 2 aliphatic carbocycles. The number of carbonyl (C=O) groups is 4. The fourth-order valence-corrected chi connectivity index (χ4v) is 9.96. The molecule has 23 atom stereocenters. The lowest BCUT2D eigenvalue weighted by atomic mass is 9.72. The quantitative estimate of drug-likeness (QED) is 0.0366. The predicted molar refractivity (Wildman–Crippen MR) is 214 cm³/mol. The van der Waals surface area contributed by atoms with Crippen LogP contribution in [0.1, 0.15) is 51.9 Å². The Bertz CT molecular complexity index is 1680. The van der Waals surface area contributed by atoms with Crippen LogP contribution >= 0.6 is 0 Å². The Morgan fingerprint density at radius 3 is 1.65 bits per heavy atom. The number of rotatable bonds is 17. The van der Waals surface area contributed by atoms with E-state index in [1.807, 2.05) is 0 Å². The normalized spacial score (nSPS) is 46.5. The molecule has 390 valence electrons. The lowest BCUT2D eigenvalue weighted by Gasteiger charge is -2.50. The summed E-state index contributed by atoms with van der Waals surface area (Å²) in [5.74, 6) is -6.43. The van der Waals surface area contributed by atoms with Gasteiger partial charge in [-0.3, -0.25) is 19.2 Å².